The van der Waals surface area contributed by atoms with Crippen LogP contribution in [-0.2, 0) is 0 Å². The molecular formula is C73H49N5. The molecule has 0 saturated heterocycles. The summed E-state index contributed by atoms with van der Waals surface area (Å²) in [7, 11) is 0. The number of nitriles is 1. The molecule has 0 atom stereocenters. The molecule has 0 spiro atoms. The molecule has 0 saturated carbocycles. The molecule has 366 valence electrons. The molecule has 0 bridgehead atoms. The van der Waals surface area contributed by atoms with E-state index in [-0.39, 0.29) is 0 Å². The Morgan fingerprint density at radius 2 is 0.795 bits per heavy atom. The van der Waals surface area contributed by atoms with Gasteiger partial charge in [0.1, 0.15) is 0 Å². The van der Waals surface area contributed by atoms with E-state index in [1.165, 1.54) is 32.3 Å². The second kappa shape index (κ2) is 19.6. The fourth-order valence-electron chi connectivity index (χ4n) is 11.6. The Hall–Kier alpha value is -10.7. The van der Waals surface area contributed by atoms with Gasteiger partial charge in [-0.3, -0.25) is 0 Å². The molecule has 14 rings (SSSR count). The summed E-state index contributed by atoms with van der Waals surface area (Å²) in [4.78, 5) is 7.08. The Balaban J connectivity index is 1.01. The van der Waals surface area contributed by atoms with Crippen molar-refractivity contribution in [1.82, 2.24) is 4.57 Å². The van der Waals surface area contributed by atoms with Crippen molar-refractivity contribution in [2.45, 2.75) is 0 Å². The van der Waals surface area contributed by atoms with Crippen LogP contribution in [0.25, 0.3) is 70.9 Å². The number of para-hydroxylation sites is 4. The maximum atomic E-state index is 10.3. The van der Waals surface area contributed by atoms with E-state index in [9.17, 15) is 5.26 Å². The minimum Gasteiger partial charge on any atom is -0.310 e. The van der Waals surface area contributed by atoms with Crippen molar-refractivity contribution in [1.29, 1.82) is 5.26 Å². The first-order valence-corrected chi connectivity index (χ1v) is 26.4. The van der Waals surface area contributed by atoms with Gasteiger partial charge in [0.15, 0.2) is 0 Å². The molecule has 0 aliphatic carbocycles. The quantitative estimate of drug-likeness (QED) is 0.121. The van der Waals surface area contributed by atoms with Crippen molar-refractivity contribution in [3.05, 3.63) is 303 Å². The molecule has 78 heavy (non-hydrogen) atoms. The van der Waals surface area contributed by atoms with Crippen LogP contribution in [0.1, 0.15) is 5.56 Å². The van der Waals surface area contributed by atoms with Crippen LogP contribution >= 0.6 is 0 Å². The first-order chi connectivity index (χ1) is 38.6. The third-order valence-corrected chi connectivity index (χ3v) is 15.0. The number of hydrogen-bond acceptors (Lipinski definition) is 4. The monoisotopic (exact) mass is 995 g/mol. The van der Waals surface area contributed by atoms with Crippen LogP contribution in [-0.4, -0.2) is 4.57 Å². The largest absolute Gasteiger partial charge is 0.310 e. The first kappa shape index (κ1) is 45.9. The van der Waals surface area contributed by atoms with Crippen molar-refractivity contribution in [3.63, 3.8) is 0 Å². The standard InChI is InChI=1S/C73H49N5/c74-50-51-21-18-32-60(43-51)75(57-26-4-1-5-27-57)63-46-56(47-64(49-63)77(59-30-8-3-9-31-59)72-48-55-24-12-13-34-65(55)66-35-14-15-36-67(66)72)54-25-19-33-61(45-54)76(58-28-6-2-7-29-58)70-39-20-40-71-73(70)68-37-16-17-38-69(68)78(71)62-42-41-52-22-10-11-23-53(52)44-62/h1-49H. The summed E-state index contributed by atoms with van der Waals surface area (Å²) in [5.41, 5.74) is 15.0. The molecule has 0 N–H and O–H groups in total. The second-order valence-electron chi connectivity index (χ2n) is 19.7. The lowest BCUT2D eigenvalue weighted by Crippen LogP contribution is -2.14. The van der Waals surface area contributed by atoms with E-state index in [0.29, 0.717) is 5.56 Å². The molecular weight excluding hydrogens is 947 g/mol. The Morgan fingerprint density at radius 1 is 0.282 bits per heavy atom. The number of aromatic nitrogens is 1. The lowest BCUT2D eigenvalue weighted by atomic mass is 9.97. The average Bonchev–Trinajstić information content (AvgIpc) is 4.00. The summed E-state index contributed by atoms with van der Waals surface area (Å²) in [6.07, 6.45) is 0. The molecule has 14 aromatic rings. The highest BCUT2D eigenvalue weighted by atomic mass is 15.2. The van der Waals surface area contributed by atoms with Crippen LogP contribution in [0.15, 0.2) is 297 Å². The van der Waals surface area contributed by atoms with Crippen molar-refractivity contribution in [3.8, 4) is 22.9 Å². The molecule has 0 aliphatic rings. The van der Waals surface area contributed by atoms with E-state index < -0.39 is 0 Å². The zero-order valence-corrected chi connectivity index (χ0v) is 42.5. The number of nitrogens with zero attached hydrogens (tertiary/aromatic N) is 5. The maximum absolute atomic E-state index is 10.3. The molecule has 0 aliphatic heterocycles. The number of anilines is 9. The first-order valence-electron chi connectivity index (χ1n) is 26.4. The second-order valence-corrected chi connectivity index (χ2v) is 19.7. The van der Waals surface area contributed by atoms with Crippen molar-refractivity contribution in [2.75, 3.05) is 14.7 Å². The summed E-state index contributed by atoms with van der Waals surface area (Å²) >= 11 is 0. The molecule has 5 heteroatoms. The number of fused-ring (bicyclic) bond motifs is 7. The predicted octanol–water partition coefficient (Wildman–Crippen LogP) is 20.2. The minimum absolute atomic E-state index is 0.586. The van der Waals surface area contributed by atoms with Crippen molar-refractivity contribution < 1.29 is 0 Å². The zero-order chi connectivity index (χ0) is 51.9. The fourth-order valence-corrected chi connectivity index (χ4v) is 11.6. The molecule has 0 fully saturated rings. The highest BCUT2D eigenvalue weighted by Gasteiger charge is 2.25. The van der Waals surface area contributed by atoms with Gasteiger partial charge in [0, 0.05) is 61.7 Å². The van der Waals surface area contributed by atoms with Crippen LogP contribution in [0.4, 0.5) is 51.2 Å². The summed E-state index contributed by atoms with van der Waals surface area (Å²) in [5.74, 6) is 0. The van der Waals surface area contributed by atoms with E-state index in [0.717, 1.165) is 89.8 Å². The van der Waals surface area contributed by atoms with Crippen LogP contribution in [0.5, 0.6) is 0 Å². The number of benzene rings is 13. The molecule has 5 nitrogen and oxygen atoms in total. The molecule has 13 aromatic carbocycles. The van der Waals surface area contributed by atoms with Gasteiger partial charge in [-0.15, -0.1) is 0 Å². The molecule has 1 heterocycles. The van der Waals surface area contributed by atoms with E-state index in [1.54, 1.807) is 0 Å². The van der Waals surface area contributed by atoms with Gasteiger partial charge in [0.25, 0.3) is 0 Å². The maximum Gasteiger partial charge on any atom is 0.0992 e. The molecule has 0 unspecified atom stereocenters. The van der Waals surface area contributed by atoms with Crippen LogP contribution in [0, 0.1) is 11.3 Å². The van der Waals surface area contributed by atoms with Crippen molar-refractivity contribution in [2.24, 2.45) is 0 Å². The highest BCUT2D eigenvalue weighted by molar-refractivity contribution is 6.17. The van der Waals surface area contributed by atoms with Gasteiger partial charge in [-0.2, -0.15) is 5.26 Å². The molecule has 0 amide bonds. The third-order valence-electron chi connectivity index (χ3n) is 15.0. The zero-order valence-electron chi connectivity index (χ0n) is 42.5. The summed E-state index contributed by atoms with van der Waals surface area (Å²) in [6.45, 7) is 0. The Labute approximate surface area is 453 Å². The van der Waals surface area contributed by atoms with Gasteiger partial charge in [0.05, 0.1) is 34.0 Å². The van der Waals surface area contributed by atoms with E-state index in [2.05, 4.69) is 298 Å². The number of rotatable bonds is 11. The van der Waals surface area contributed by atoms with Gasteiger partial charge < -0.3 is 19.3 Å². The number of hydrogen-bond donors (Lipinski definition) is 0. The lowest BCUT2D eigenvalue weighted by molar-refractivity contribution is 1.18. The van der Waals surface area contributed by atoms with Crippen LogP contribution in [0.2, 0.25) is 0 Å². The minimum atomic E-state index is 0.586. The van der Waals surface area contributed by atoms with Gasteiger partial charge in [0.2, 0.25) is 0 Å². The van der Waals surface area contributed by atoms with E-state index in [1.807, 2.05) is 24.3 Å². The normalized spacial score (nSPS) is 11.3. The fraction of sp³-hybridized carbons (Fsp3) is 0. The Bertz CT molecular complexity index is 4600. The van der Waals surface area contributed by atoms with Gasteiger partial charge in [-0.1, -0.05) is 176 Å². The SMILES string of the molecule is N#Cc1cccc(N(c2ccccc2)c2cc(-c3cccc(N(c4ccccc4)c4cccc5c4c4ccccc4n5-c4ccc5ccccc5c4)c3)cc(N(c3ccccc3)c3cc4ccccc4c4ccccc34)c2)c1. The Kier molecular flexibility index (Phi) is 11.5. The highest BCUT2D eigenvalue weighted by Crippen LogP contribution is 2.48. The van der Waals surface area contributed by atoms with Crippen molar-refractivity contribution >= 4 is 105 Å². The van der Waals surface area contributed by atoms with E-state index in [4.69, 9.17) is 0 Å². The molecule has 1 aromatic heterocycles. The summed E-state index contributed by atoms with van der Waals surface area (Å²) < 4.78 is 2.41. The summed E-state index contributed by atoms with van der Waals surface area (Å²) in [5, 5.41) is 19.7. The van der Waals surface area contributed by atoms with E-state index >= 15 is 0 Å². The van der Waals surface area contributed by atoms with Gasteiger partial charge >= 0.3 is 0 Å². The smallest absolute Gasteiger partial charge is 0.0992 e. The van der Waals surface area contributed by atoms with Gasteiger partial charge in [-0.05, 0) is 159 Å². The van der Waals surface area contributed by atoms with Crippen LogP contribution < -0.4 is 14.7 Å². The third kappa shape index (κ3) is 8.13. The summed E-state index contributed by atoms with van der Waals surface area (Å²) in [6, 6.07) is 109. The topological polar surface area (TPSA) is 38.4 Å². The Morgan fingerprint density at radius 3 is 1.51 bits per heavy atom. The average molecular weight is 996 g/mol. The van der Waals surface area contributed by atoms with Gasteiger partial charge in [-0.25, -0.2) is 0 Å². The predicted molar refractivity (Wildman–Crippen MR) is 327 cm³/mol. The lowest BCUT2D eigenvalue weighted by Gasteiger charge is -2.31. The molecule has 0 radical (unpaired) electrons. The van der Waals surface area contributed by atoms with Crippen LogP contribution in [0.3, 0.4) is 0 Å².